The molecule has 1 N–H and O–H groups in total. The van der Waals surface area contributed by atoms with Gasteiger partial charge in [-0.1, -0.05) is 19.1 Å². The fraction of sp³-hybridized carbons (Fsp3) is 0.533. The maximum atomic E-state index is 11.9. The molecule has 0 aliphatic rings. The lowest BCUT2D eigenvalue weighted by Gasteiger charge is -2.21. The second-order valence-corrected chi connectivity index (χ2v) is 4.50. The topological polar surface area (TPSA) is 40.5 Å². The molecule has 0 aliphatic carbocycles. The van der Waals surface area contributed by atoms with Gasteiger partial charge in [-0.2, -0.15) is 0 Å². The molecule has 0 amide bonds. The van der Waals surface area contributed by atoms with E-state index in [1.807, 2.05) is 38.2 Å². The second-order valence-electron chi connectivity index (χ2n) is 4.50. The summed E-state index contributed by atoms with van der Waals surface area (Å²) in [5.41, 5.74) is 1.82. The molecular formula is C15H23NO2. The molecule has 0 bridgehead atoms. The first kappa shape index (κ1) is 14.7. The standard InChI is InChI=1S/C15H23NO2/c1-3-15(18)13-9-5-6-10-14(13)16(2)11-7-4-8-12-17/h5-6,9-10,17H,3-4,7-8,11-12H2,1-2H3. The average Bonchev–Trinajstić information content (AvgIpc) is 2.42. The highest BCUT2D eigenvalue weighted by atomic mass is 16.2. The van der Waals surface area contributed by atoms with Gasteiger partial charge in [0.25, 0.3) is 0 Å². The number of unbranched alkanes of at least 4 members (excludes halogenated alkanes) is 2. The van der Waals surface area contributed by atoms with Crippen LogP contribution in [0.5, 0.6) is 0 Å². The molecule has 18 heavy (non-hydrogen) atoms. The minimum atomic E-state index is 0.188. The quantitative estimate of drug-likeness (QED) is 0.569. The van der Waals surface area contributed by atoms with Gasteiger partial charge in [0.1, 0.15) is 0 Å². The number of aliphatic hydroxyl groups excluding tert-OH is 1. The Balaban J connectivity index is 2.66. The number of Topliss-reactive ketones (excluding diaryl/α,β-unsaturated/α-hetero) is 1. The molecule has 0 spiro atoms. The van der Waals surface area contributed by atoms with Gasteiger partial charge in [-0.05, 0) is 31.4 Å². The van der Waals surface area contributed by atoms with Crippen LogP contribution in [-0.4, -0.2) is 31.1 Å². The number of hydrogen-bond acceptors (Lipinski definition) is 3. The van der Waals surface area contributed by atoms with Gasteiger partial charge in [-0.25, -0.2) is 0 Å². The van der Waals surface area contributed by atoms with Crippen LogP contribution in [0.25, 0.3) is 0 Å². The zero-order chi connectivity index (χ0) is 13.4. The number of para-hydroxylation sites is 1. The van der Waals surface area contributed by atoms with Gasteiger partial charge < -0.3 is 10.0 Å². The smallest absolute Gasteiger partial charge is 0.164 e. The van der Waals surface area contributed by atoms with Crippen molar-refractivity contribution in [2.45, 2.75) is 32.6 Å². The third-order valence-corrected chi connectivity index (χ3v) is 3.09. The number of aliphatic hydroxyl groups is 1. The zero-order valence-corrected chi connectivity index (χ0v) is 11.4. The van der Waals surface area contributed by atoms with Crippen molar-refractivity contribution < 1.29 is 9.90 Å². The van der Waals surface area contributed by atoms with Crippen LogP contribution >= 0.6 is 0 Å². The summed E-state index contributed by atoms with van der Waals surface area (Å²) in [6.07, 6.45) is 3.44. The molecule has 3 nitrogen and oxygen atoms in total. The minimum absolute atomic E-state index is 0.188. The summed E-state index contributed by atoms with van der Waals surface area (Å²) in [6, 6.07) is 7.76. The molecule has 0 saturated carbocycles. The van der Waals surface area contributed by atoms with Crippen LogP contribution in [0.4, 0.5) is 5.69 Å². The summed E-state index contributed by atoms with van der Waals surface area (Å²) in [6.45, 7) is 3.06. The van der Waals surface area contributed by atoms with Crippen molar-refractivity contribution in [3.8, 4) is 0 Å². The van der Waals surface area contributed by atoms with E-state index >= 15 is 0 Å². The van der Waals surface area contributed by atoms with Crippen LogP contribution in [0.1, 0.15) is 43.0 Å². The summed E-state index contributed by atoms with van der Waals surface area (Å²) < 4.78 is 0. The summed E-state index contributed by atoms with van der Waals surface area (Å²) >= 11 is 0. The van der Waals surface area contributed by atoms with Crippen molar-refractivity contribution in [2.75, 3.05) is 25.1 Å². The highest BCUT2D eigenvalue weighted by Gasteiger charge is 2.11. The van der Waals surface area contributed by atoms with Crippen molar-refractivity contribution in [1.82, 2.24) is 0 Å². The van der Waals surface area contributed by atoms with E-state index in [-0.39, 0.29) is 12.4 Å². The van der Waals surface area contributed by atoms with E-state index in [9.17, 15) is 4.79 Å². The summed E-state index contributed by atoms with van der Waals surface area (Å²) in [4.78, 5) is 14.0. The van der Waals surface area contributed by atoms with Gasteiger partial charge in [0.05, 0.1) is 0 Å². The van der Waals surface area contributed by atoms with Gasteiger partial charge in [0.2, 0.25) is 0 Å². The molecule has 100 valence electrons. The summed E-state index contributed by atoms with van der Waals surface area (Å²) in [7, 11) is 2.01. The fourth-order valence-corrected chi connectivity index (χ4v) is 1.99. The number of ketones is 1. The average molecular weight is 249 g/mol. The normalized spacial score (nSPS) is 10.4. The number of hydrogen-bond donors (Lipinski definition) is 1. The monoisotopic (exact) mass is 249 g/mol. The van der Waals surface area contributed by atoms with E-state index in [0.717, 1.165) is 37.1 Å². The number of nitrogens with zero attached hydrogens (tertiary/aromatic N) is 1. The maximum absolute atomic E-state index is 11.9. The first-order valence-corrected chi connectivity index (χ1v) is 6.65. The first-order chi connectivity index (χ1) is 8.70. The lowest BCUT2D eigenvalue weighted by atomic mass is 10.1. The molecule has 0 aliphatic heterocycles. The molecule has 0 atom stereocenters. The van der Waals surface area contributed by atoms with E-state index in [1.54, 1.807) is 0 Å². The molecule has 1 aromatic carbocycles. The van der Waals surface area contributed by atoms with Gasteiger partial charge in [0, 0.05) is 37.9 Å². The molecule has 0 unspecified atom stereocenters. The lowest BCUT2D eigenvalue weighted by Crippen LogP contribution is -2.21. The molecule has 1 rings (SSSR count). The summed E-state index contributed by atoms with van der Waals surface area (Å²) in [5.74, 6) is 0.188. The largest absolute Gasteiger partial charge is 0.396 e. The van der Waals surface area contributed by atoms with Gasteiger partial charge in [0.15, 0.2) is 5.78 Å². The Kier molecular flexibility index (Phi) is 6.44. The zero-order valence-electron chi connectivity index (χ0n) is 11.4. The van der Waals surface area contributed by atoms with E-state index in [2.05, 4.69) is 4.90 Å². The van der Waals surface area contributed by atoms with Crippen LogP contribution < -0.4 is 4.90 Å². The Morgan fingerprint density at radius 1 is 1.22 bits per heavy atom. The van der Waals surface area contributed by atoms with Crippen molar-refractivity contribution in [2.24, 2.45) is 0 Å². The Bertz CT molecular complexity index is 377. The predicted molar refractivity (Wildman–Crippen MR) is 75.3 cm³/mol. The van der Waals surface area contributed by atoms with Gasteiger partial charge in [-0.15, -0.1) is 0 Å². The third kappa shape index (κ3) is 4.15. The Hall–Kier alpha value is -1.35. The lowest BCUT2D eigenvalue weighted by molar-refractivity contribution is 0.0988. The highest BCUT2D eigenvalue weighted by Crippen LogP contribution is 2.21. The Morgan fingerprint density at radius 3 is 2.61 bits per heavy atom. The molecule has 0 aromatic heterocycles. The predicted octanol–water partition coefficient (Wildman–Crippen LogP) is 2.88. The minimum Gasteiger partial charge on any atom is -0.396 e. The van der Waals surface area contributed by atoms with E-state index in [0.29, 0.717) is 6.42 Å². The van der Waals surface area contributed by atoms with Crippen LogP contribution in [-0.2, 0) is 0 Å². The highest BCUT2D eigenvalue weighted by molar-refractivity contribution is 6.01. The number of benzene rings is 1. The van der Waals surface area contributed by atoms with E-state index in [1.165, 1.54) is 0 Å². The van der Waals surface area contributed by atoms with E-state index in [4.69, 9.17) is 5.11 Å². The van der Waals surface area contributed by atoms with Gasteiger partial charge in [-0.3, -0.25) is 4.79 Å². The Morgan fingerprint density at radius 2 is 1.94 bits per heavy atom. The number of carbonyl (C=O) groups excluding carboxylic acids is 1. The third-order valence-electron chi connectivity index (χ3n) is 3.09. The number of carbonyl (C=O) groups is 1. The van der Waals surface area contributed by atoms with Crippen LogP contribution in [0, 0.1) is 0 Å². The fourth-order valence-electron chi connectivity index (χ4n) is 1.99. The van der Waals surface area contributed by atoms with Crippen LogP contribution in [0.3, 0.4) is 0 Å². The number of rotatable bonds is 8. The molecule has 0 heterocycles. The Labute approximate surface area is 109 Å². The first-order valence-electron chi connectivity index (χ1n) is 6.65. The molecule has 0 radical (unpaired) electrons. The molecule has 0 fully saturated rings. The molecule has 3 heteroatoms. The molecule has 0 saturated heterocycles. The molecular weight excluding hydrogens is 226 g/mol. The van der Waals surface area contributed by atoms with E-state index < -0.39 is 0 Å². The van der Waals surface area contributed by atoms with Crippen molar-refractivity contribution in [3.05, 3.63) is 29.8 Å². The van der Waals surface area contributed by atoms with Crippen molar-refractivity contribution in [1.29, 1.82) is 0 Å². The maximum Gasteiger partial charge on any atom is 0.164 e. The SMILES string of the molecule is CCC(=O)c1ccccc1N(C)CCCCCO. The summed E-state index contributed by atoms with van der Waals surface area (Å²) in [5, 5.41) is 8.74. The number of anilines is 1. The molecule has 1 aromatic rings. The van der Waals surface area contributed by atoms with Crippen LogP contribution in [0.15, 0.2) is 24.3 Å². The van der Waals surface area contributed by atoms with Crippen molar-refractivity contribution >= 4 is 11.5 Å². The van der Waals surface area contributed by atoms with Gasteiger partial charge >= 0.3 is 0 Å². The van der Waals surface area contributed by atoms with Crippen molar-refractivity contribution in [3.63, 3.8) is 0 Å². The second kappa shape index (κ2) is 7.88. The van der Waals surface area contributed by atoms with Crippen LogP contribution in [0.2, 0.25) is 0 Å².